The molecule has 0 saturated heterocycles. The molecule has 4 N–H and O–H groups in total. The molecule has 2 heterocycles. The molecule has 0 aliphatic heterocycles. The Balaban J connectivity index is 1.73. The van der Waals surface area contributed by atoms with E-state index < -0.39 is 0 Å². The lowest BCUT2D eigenvalue weighted by Gasteiger charge is -2.07. The van der Waals surface area contributed by atoms with Gasteiger partial charge in [0.15, 0.2) is 23.0 Å². The van der Waals surface area contributed by atoms with Gasteiger partial charge in [-0.1, -0.05) is 24.3 Å². The van der Waals surface area contributed by atoms with Crippen LogP contribution in [0.5, 0.6) is 0 Å². The third-order valence-electron chi connectivity index (χ3n) is 3.60. The van der Waals surface area contributed by atoms with E-state index in [1.165, 1.54) is 21.8 Å². The van der Waals surface area contributed by atoms with E-state index in [0.717, 1.165) is 11.1 Å². The summed E-state index contributed by atoms with van der Waals surface area (Å²) in [5.41, 5.74) is 13.7. The van der Waals surface area contributed by atoms with Crippen LogP contribution in [0.3, 0.4) is 0 Å². The van der Waals surface area contributed by atoms with Crippen molar-refractivity contribution in [3.63, 3.8) is 0 Å². The molecule has 0 spiro atoms. The van der Waals surface area contributed by atoms with E-state index in [-0.39, 0.29) is 23.0 Å². The van der Waals surface area contributed by atoms with Crippen molar-refractivity contribution in [3.05, 3.63) is 57.6 Å². The highest BCUT2D eigenvalue weighted by Gasteiger charge is 2.09. The number of rotatable bonds is 6. The van der Waals surface area contributed by atoms with E-state index in [1.807, 2.05) is 24.3 Å². The maximum atomic E-state index is 10.5. The van der Waals surface area contributed by atoms with Crippen LogP contribution in [0.15, 0.2) is 47.0 Å². The zero-order valence-corrected chi connectivity index (χ0v) is 12.5. The number of nitrogens with zero attached hydrogens (tertiary/aromatic N) is 6. The highest BCUT2D eigenvalue weighted by Crippen LogP contribution is 2.22. The zero-order chi connectivity index (χ0) is 17.1. The second-order valence-corrected chi connectivity index (χ2v) is 5.14. The first-order valence-corrected chi connectivity index (χ1v) is 6.99. The van der Waals surface area contributed by atoms with Crippen molar-refractivity contribution >= 4 is 23.0 Å². The molecule has 3 rings (SSSR count). The lowest BCUT2D eigenvalue weighted by atomic mass is 10.1. The van der Waals surface area contributed by atoms with Gasteiger partial charge in [-0.25, -0.2) is 9.36 Å². The van der Waals surface area contributed by atoms with Crippen molar-refractivity contribution in [1.82, 2.24) is 19.6 Å². The van der Waals surface area contributed by atoms with Crippen LogP contribution in [0.4, 0.5) is 23.0 Å². The van der Waals surface area contributed by atoms with Gasteiger partial charge in [-0.2, -0.15) is 10.2 Å². The Morgan fingerprint density at radius 1 is 0.792 bits per heavy atom. The Kier molecular flexibility index (Phi) is 4.01. The molecule has 0 bridgehead atoms. The monoisotopic (exact) mass is 326 g/mol. The number of nitrogen functional groups attached to an aromatic ring is 2. The van der Waals surface area contributed by atoms with Gasteiger partial charge in [-0.05, 0) is 21.5 Å². The number of anilines is 2. The topological polar surface area (TPSA) is 147 Å². The van der Waals surface area contributed by atoms with Gasteiger partial charge in [0.05, 0.1) is 25.5 Å². The number of benzene rings is 1. The van der Waals surface area contributed by atoms with E-state index in [9.17, 15) is 9.81 Å². The second-order valence-electron chi connectivity index (χ2n) is 5.14. The summed E-state index contributed by atoms with van der Waals surface area (Å²) in [6, 6.07) is 7.62. The molecule has 1 aromatic carbocycles. The van der Waals surface area contributed by atoms with Crippen LogP contribution < -0.4 is 11.5 Å². The van der Waals surface area contributed by atoms with E-state index in [4.69, 9.17) is 11.5 Å². The molecule has 0 atom stereocenters. The van der Waals surface area contributed by atoms with Gasteiger partial charge in [0.1, 0.15) is 0 Å². The lowest BCUT2D eigenvalue weighted by molar-refractivity contribution is 0.689. The van der Waals surface area contributed by atoms with Crippen LogP contribution in [0.25, 0.3) is 0 Å². The standard InChI is InChI=1S/C14H14N8O2/c15-13-11(19-23)5-17-21(13)7-9-1-2-10(4-3-9)8-22-14(16)12(20-24)6-18-22/h1-6H,7-8,15-16H2. The Hall–Kier alpha value is -3.56. The molecule has 0 radical (unpaired) electrons. The molecule has 24 heavy (non-hydrogen) atoms. The number of nitrogens with two attached hydrogens (primary N) is 2. The summed E-state index contributed by atoms with van der Waals surface area (Å²) in [7, 11) is 0. The van der Waals surface area contributed by atoms with Gasteiger partial charge < -0.3 is 11.5 Å². The van der Waals surface area contributed by atoms with E-state index >= 15 is 0 Å². The normalized spacial score (nSPS) is 10.7. The minimum atomic E-state index is 0.125. The molecular formula is C14H14N8O2. The largest absolute Gasteiger partial charge is 0.382 e. The second kappa shape index (κ2) is 6.28. The maximum absolute atomic E-state index is 10.5. The van der Waals surface area contributed by atoms with Crippen molar-refractivity contribution in [2.75, 3.05) is 11.5 Å². The van der Waals surface area contributed by atoms with Gasteiger partial charge in [-0.3, -0.25) is 0 Å². The van der Waals surface area contributed by atoms with Crippen molar-refractivity contribution < 1.29 is 0 Å². The molecule has 10 heteroatoms. The van der Waals surface area contributed by atoms with Crippen LogP contribution in [-0.2, 0) is 13.1 Å². The van der Waals surface area contributed by atoms with Gasteiger partial charge in [0, 0.05) is 0 Å². The summed E-state index contributed by atoms with van der Waals surface area (Å²) >= 11 is 0. The smallest absolute Gasteiger partial charge is 0.169 e. The average molecular weight is 326 g/mol. The molecule has 0 aliphatic carbocycles. The molecule has 0 aliphatic rings. The molecule has 0 amide bonds. The minimum absolute atomic E-state index is 0.125. The predicted molar refractivity (Wildman–Crippen MR) is 88.8 cm³/mol. The van der Waals surface area contributed by atoms with Crippen LogP contribution in [0.1, 0.15) is 11.1 Å². The molecule has 2 aromatic heterocycles. The molecule has 0 unspecified atom stereocenters. The van der Waals surface area contributed by atoms with Crippen molar-refractivity contribution in [1.29, 1.82) is 0 Å². The highest BCUT2D eigenvalue weighted by molar-refractivity contribution is 5.57. The number of aromatic nitrogens is 4. The number of hydrogen-bond acceptors (Lipinski definition) is 8. The van der Waals surface area contributed by atoms with Crippen LogP contribution in [-0.4, -0.2) is 19.6 Å². The van der Waals surface area contributed by atoms with Crippen LogP contribution in [0, 0.1) is 9.81 Å². The number of hydrogen-bond donors (Lipinski definition) is 2. The Morgan fingerprint density at radius 3 is 1.46 bits per heavy atom. The van der Waals surface area contributed by atoms with Gasteiger partial charge in [-0.15, -0.1) is 9.81 Å². The molecule has 3 aromatic rings. The van der Waals surface area contributed by atoms with Gasteiger partial charge in [0.25, 0.3) is 0 Å². The molecule has 10 nitrogen and oxygen atoms in total. The summed E-state index contributed by atoms with van der Waals surface area (Å²) < 4.78 is 3.00. The molecule has 0 fully saturated rings. The SMILES string of the molecule is Nc1c(N=O)cnn1Cc1ccc(Cn2ncc(N=O)c2N)cc1. The first kappa shape index (κ1) is 15.3. The summed E-state index contributed by atoms with van der Waals surface area (Å²) in [4.78, 5) is 21.1. The maximum Gasteiger partial charge on any atom is 0.169 e. The summed E-state index contributed by atoms with van der Waals surface area (Å²) in [5, 5.41) is 13.6. The Bertz CT molecular complexity index is 808. The summed E-state index contributed by atoms with van der Waals surface area (Å²) in [5.74, 6) is 0.458. The van der Waals surface area contributed by atoms with E-state index in [0.29, 0.717) is 13.1 Å². The fourth-order valence-corrected chi connectivity index (χ4v) is 2.26. The molecular weight excluding hydrogens is 312 g/mol. The zero-order valence-electron chi connectivity index (χ0n) is 12.5. The van der Waals surface area contributed by atoms with Crippen LogP contribution >= 0.6 is 0 Å². The van der Waals surface area contributed by atoms with E-state index in [1.54, 1.807) is 0 Å². The average Bonchev–Trinajstić information content (AvgIpc) is 3.13. The van der Waals surface area contributed by atoms with Crippen LogP contribution in [0.2, 0.25) is 0 Å². The molecule has 0 saturated carbocycles. The third kappa shape index (κ3) is 2.84. The Morgan fingerprint density at radius 2 is 1.17 bits per heavy atom. The lowest BCUT2D eigenvalue weighted by Crippen LogP contribution is -2.07. The Labute approximate surface area is 136 Å². The minimum Gasteiger partial charge on any atom is -0.382 e. The highest BCUT2D eigenvalue weighted by atomic mass is 16.3. The van der Waals surface area contributed by atoms with Crippen molar-refractivity contribution in [2.45, 2.75) is 13.1 Å². The quantitative estimate of drug-likeness (QED) is 0.663. The third-order valence-corrected chi connectivity index (χ3v) is 3.60. The first-order chi connectivity index (χ1) is 11.6. The van der Waals surface area contributed by atoms with Crippen molar-refractivity contribution in [2.24, 2.45) is 10.4 Å². The fourth-order valence-electron chi connectivity index (χ4n) is 2.26. The number of nitroso groups, excluding NO2 is 2. The first-order valence-electron chi connectivity index (χ1n) is 6.99. The summed E-state index contributed by atoms with van der Waals surface area (Å²) in [6.07, 6.45) is 2.66. The fraction of sp³-hybridized carbons (Fsp3) is 0.143. The van der Waals surface area contributed by atoms with E-state index in [2.05, 4.69) is 20.6 Å². The van der Waals surface area contributed by atoms with Gasteiger partial charge in [0.2, 0.25) is 0 Å². The summed E-state index contributed by atoms with van der Waals surface area (Å²) in [6.45, 7) is 0.843. The molecule has 122 valence electrons. The predicted octanol–water partition coefficient (Wildman–Crippen LogP) is 2.14. The van der Waals surface area contributed by atoms with Crippen molar-refractivity contribution in [3.8, 4) is 0 Å². The van der Waals surface area contributed by atoms with Gasteiger partial charge >= 0.3 is 0 Å².